The molecule has 0 heterocycles. The number of aromatic carboxylic acids is 1. The fourth-order valence-corrected chi connectivity index (χ4v) is 3.04. The molecular formula is C25H21N3O3. The molecule has 3 rings (SSSR count). The summed E-state index contributed by atoms with van der Waals surface area (Å²) in [5.74, 6) is -1.48. The van der Waals surface area contributed by atoms with Crippen LogP contribution in [0.1, 0.15) is 33.1 Å². The first-order chi connectivity index (χ1) is 15.1. The van der Waals surface area contributed by atoms with Gasteiger partial charge >= 0.3 is 5.97 Å². The third-order valence-corrected chi connectivity index (χ3v) is 4.66. The lowest BCUT2D eigenvalue weighted by Gasteiger charge is -2.19. The zero-order chi connectivity index (χ0) is 22.1. The lowest BCUT2D eigenvalue weighted by molar-refractivity contribution is -0.117. The van der Waals surface area contributed by atoms with E-state index in [1.165, 1.54) is 18.3 Å². The van der Waals surface area contributed by atoms with Crippen LogP contribution in [0.3, 0.4) is 0 Å². The van der Waals surface area contributed by atoms with Crippen molar-refractivity contribution in [1.29, 1.82) is 5.26 Å². The highest BCUT2D eigenvalue weighted by molar-refractivity contribution is 5.97. The van der Waals surface area contributed by atoms with Gasteiger partial charge in [-0.15, -0.1) is 0 Å². The molecule has 0 aliphatic rings. The van der Waals surface area contributed by atoms with E-state index in [-0.39, 0.29) is 11.1 Å². The lowest BCUT2D eigenvalue weighted by atomic mass is 9.98. The maximum atomic E-state index is 12.8. The van der Waals surface area contributed by atoms with Crippen LogP contribution < -0.4 is 10.6 Å². The number of amides is 1. The third kappa shape index (κ3) is 5.81. The van der Waals surface area contributed by atoms with Crippen LogP contribution in [0.4, 0.5) is 0 Å². The maximum Gasteiger partial charge on any atom is 0.335 e. The van der Waals surface area contributed by atoms with Gasteiger partial charge in [0.15, 0.2) is 0 Å². The number of carbonyl (C=O) groups is 2. The number of carboxylic acids is 1. The van der Waals surface area contributed by atoms with Crippen LogP contribution >= 0.6 is 0 Å². The number of benzene rings is 3. The van der Waals surface area contributed by atoms with Gasteiger partial charge in [0.25, 0.3) is 5.91 Å². The number of hydrogen-bond acceptors (Lipinski definition) is 4. The Bertz CT molecular complexity index is 1060. The zero-order valence-electron chi connectivity index (χ0n) is 16.7. The molecule has 0 aromatic heterocycles. The Labute approximate surface area is 180 Å². The number of hydrogen-bond donors (Lipinski definition) is 3. The molecule has 0 radical (unpaired) electrons. The Kier molecular flexibility index (Phi) is 7.17. The molecule has 0 aliphatic heterocycles. The van der Waals surface area contributed by atoms with Crippen molar-refractivity contribution in [2.75, 3.05) is 0 Å². The van der Waals surface area contributed by atoms with Gasteiger partial charge in [-0.1, -0.05) is 72.8 Å². The monoisotopic (exact) mass is 411 g/mol. The van der Waals surface area contributed by atoms with E-state index in [4.69, 9.17) is 5.11 Å². The zero-order valence-corrected chi connectivity index (χ0v) is 16.7. The average molecular weight is 411 g/mol. The summed E-state index contributed by atoms with van der Waals surface area (Å²) in [6.45, 7) is 0.346. The van der Waals surface area contributed by atoms with Crippen molar-refractivity contribution < 1.29 is 14.7 Å². The first kappa shape index (κ1) is 21.3. The number of carboxylic acid groups (broad SMARTS) is 1. The molecule has 0 fully saturated rings. The van der Waals surface area contributed by atoms with Gasteiger partial charge in [-0.05, 0) is 28.8 Å². The van der Waals surface area contributed by atoms with Gasteiger partial charge in [-0.25, -0.2) is 4.79 Å². The van der Waals surface area contributed by atoms with Crippen molar-refractivity contribution in [3.8, 4) is 6.07 Å². The SMILES string of the molecule is N#C/C(=C/NCc1ccc(C(=O)O)cc1)C(=O)NC(c1ccccc1)c1ccccc1. The topological polar surface area (TPSA) is 102 Å². The van der Waals surface area contributed by atoms with Gasteiger partial charge in [0.05, 0.1) is 11.6 Å². The van der Waals surface area contributed by atoms with Crippen molar-refractivity contribution in [3.63, 3.8) is 0 Å². The van der Waals surface area contributed by atoms with E-state index in [0.717, 1.165) is 16.7 Å². The highest BCUT2D eigenvalue weighted by atomic mass is 16.4. The third-order valence-electron chi connectivity index (χ3n) is 4.66. The van der Waals surface area contributed by atoms with E-state index in [1.54, 1.807) is 12.1 Å². The number of nitrogens with zero attached hydrogens (tertiary/aromatic N) is 1. The van der Waals surface area contributed by atoms with Gasteiger partial charge in [0, 0.05) is 12.7 Å². The van der Waals surface area contributed by atoms with Gasteiger partial charge in [-0.2, -0.15) is 5.26 Å². The van der Waals surface area contributed by atoms with Crippen molar-refractivity contribution in [3.05, 3.63) is 119 Å². The second-order valence-corrected chi connectivity index (χ2v) is 6.78. The predicted octanol–water partition coefficient (Wildman–Crippen LogP) is 3.79. The number of rotatable bonds is 8. The van der Waals surface area contributed by atoms with Crippen LogP contribution in [0.2, 0.25) is 0 Å². The number of nitriles is 1. The molecule has 3 aromatic carbocycles. The highest BCUT2D eigenvalue weighted by Gasteiger charge is 2.19. The quantitative estimate of drug-likeness (QED) is 0.387. The summed E-state index contributed by atoms with van der Waals surface area (Å²) in [6.07, 6.45) is 1.37. The minimum atomic E-state index is -0.991. The molecule has 0 spiro atoms. The summed E-state index contributed by atoms with van der Waals surface area (Å²) in [5.41, 5.74) is 2.78. The molecule has 0 atom stereocenters. The number of nitrogens with one attached hydrogen (secondary N) is 2. The molecule has 0 unspecified atom stereocenters. The number of carbonyl (C=O) groups excluding carboxylic acids is 1. The van der Waals surface area contributed by atoms with Gasteiger partial charge < -0.3 is 15.7 Å². The summed E-state index contributed by atoms with van der Waals surface area (Å²) in [7, 11) is 0. The minimum Gasteiger partial charge on any atom is -0.478 e. The van der Waals surface area contributed by atoms with E-state index >= 15 is 0 Å². The summed E-state index contributed by atoms with van der Waals surface area (Å²) in [6, 6.07) is 27.0. The second-order valence-electron chi connectivity index (χ2n) is 6.78. The van der Waals surface area contributed by atoms with Gasteiger partial charge in [0.1, 0.15) is 11.6 Å². The summed E-state index contributed by atoms with van der Waals surface area (Å²) < 4.78 is 0. The van der Waals surface area contributed by atoms with Gasteiger partial charge in [-0.3, -0.25) is 4.79 Å². The van der Waals surface area contributed by atoms with Crippen LogP contribution in [0.25, 0.3) is 0 Å². The lowest BCUT2D eigenvalue weighted by Crippen LogP contribution is -2.30. The van der Waals surface area contributed by atoms with Crippen molar-refractivity contribution >= 4 is 11.9 Å². The Hall–Kier alpha value is -4.37. The summed E-state index contributed by atoms with van der Waals surface area (Å²) in [5, 5.41) is 24.3. The fourth-order valence-electron chi connectivity index (χ4n) is 3.04. The molecular weight excluding hydrogens is 390 g/mol. The van der Waals surface area contributed by atoms with Crippen molar-refractivity contribution in [2.45, 2.75) is 12.6 Å². The Balaban J connectivity index is 1.71. The standard InChI is InChI=1S/C25H21N3O3/c26-15-22(17-27-16-18-11-13-21(14-12-18)25(30)31)24(29)28-23(19-7-3-1-4-8-19)20-9-5-2-6-10-20/h1-14,17,23,27H,16H2,(H,28,29)(H,30,31)/b22-17-. The molecule has 0 saturated carbocycles. The van der Waals surface area contributed by atoms with Crippen LogP contribution in [0, 0.1) is 11.3 Å². The Morgan fingerprint density at radius 1 is 0.903 bits per heavy atom. The Morgan fingerprint density at radius 2 is 1.45 bits per heavy atom. The van der Waals surface area contributed by atoms with E-state index < -0.39 is 17.9 Å². The molecule has 0 bridgehead atoms. The molecule has 1 amide bonds. The van der Waals surface area contributed by atoms with Crippen LogP contribution in [0.5, 0.6) is 0 Å². The molecule has 31 heavy (non-hydrogen) atoms. The molecule has 6 heteroatoms. The Morgan fingerprint density at radius 3 is 1.94 bits per heavy atom. The predicted molar refractivity (Wildman–Crippen MR) is 117 cm³/mol. The van der Waals surface area contributed by atoms with Crippen molar-refractivity contribution in [2.24, 2.45) is 0 Å². The van der Waals surface area contributed by atoms with E-state index in [2.05, 4.69) is 10.6 Å². The van der Waals surface area contributed by atoms with Crippen molar-refractivity contribution in [1.82, 2.24) is 10.6 Å². The molecule has 0 aliphatic carbocycles. The first-order valence-electron chi connectivity index (χ1n) is 9.65. The minimum absolute atomic E-state index is 0.0565. The van der Waals surface area contributed by atoms with E-state index in [9.17, 15) is 14.9 Å². The molecule has 0 saturated heterocycles. The van der Waals surface area contributed by atoms with Crippen LogP contribution in [-0.2, 0) is 11.3 Å². The second kappa shape index (κ2) is 10.4. The van der Waals surface area contributed by atoms with Crippen LogP contribution in [0.15, 0.2) is 96.7 Å². The summed E-state index contributed by atoms with van der Waals surface area (Å²) >= 11 is 0. The maximum absolute atomic E-state index is 12.8. The summed E-state index contributed by atoms with van der Waals surface area (Å²) in [4.78, 5) is 23.7. The van der Waals surface area contributed by atoms with Gasteiger partial charge in [0.2, 0.25) is 0 Å². The molecule has 154 valence electrons. The smallest absolute Gasteiger partial charge is 0.335 e. The van der Waals surface area contributed by atoms with E-state index in [1.807, 2.05) is 66.7 Å². The average Bonchev–Trinajstić information content (AvgIpc) is 2.81. The molecule has 3 N–H and O–H groups in total. The molecule has 3 aromatic rings. The highest BCUT2D eigenvalue weighted by Crippen LogP contribution is 2.22. The largest absolute Gasteiger partial charge is 0.478 e. The van der Waals surface area contributed by atoms with E-state index in [0.29, 0.717) is 6.54 Å². The first-order valence-corrected chi connectivity index (χ1v) is 9.65. The molecule has 6 nitrogen and oxygen atoms in total. The fraction of sp³-hybridized carbons (Fsp3) is 0.0800. The normalized spacial score (nSPS) is 10.9. The van der Waals surface area contributed by atoms with Crippen LogP contribution in [-0.4, -0.2) is 17.0 Å².